The van der Waals surface area contributed by atoms with Crippen LogP contribution in [0.5, 0.6) is 0 Å². The van der Waals surface area contributed by atoms with Crippen LogP contribution in [0.4, 0.5) is 0 Å². The third-order valence-corrected chi connectivity index (χ3v) is 5.87. The Morgan fingerprint density at radius 3 is 2.62 bits per heavy atom. The van der Waals surface area contributed by atoms with Gasteiger partial charge in [-0.25, -0.2) is 4.98 Å². The fourth-order valence-corrected chi connectivity index (χ4v) is 4.53. The quantitative estimate of drug-likeness (QED) is 0.507. The van der Waals surface area contributed by atoms with Crippen molar-refractivity contribution in [3.8, 4) is 0 Å². The molecular weight excluding hydrogens is 388 g/mol. The van der Waals surface area contributed by atoms with Gasteiger partial charge in [0.05, 0.1) is 28.9 Å². The first-order chi connectivity index (χ1) is 13.8. The number of ether oxygens (including phenoxy) is 1. The van der Waals surface area contributed by atoms with Crippen LogP contribution in [0.25, 0.3) is 10.9 Å². The maximum Gasteiger partial charge on any atom is 0.262 e. The van der Waals surface area contributed by atoms with Crippen molar-refractivity contribution < 1.29 is 9.53 Å². The first-order valence-corrected chi connectivity index (χ1v) is 11.0. The van der Waals surface area contributed by atoms with Crippen molar-refractivity contribution in [2.24, 2.45) is 0 Å². The summed E-state index contributed by atoms with van der Waals surface area (Å²) in [5.74, 6) is 0.317. The lowest BCUT2D eigenvalue weighted by Crippen LogP contribution is -2.48. The van der Waals surface area contributed by atoms with E-state index in [4.69, 9.17) is 9.72 Å². The van der Waals surface area contributed by atoms with Crippen LogP contribution < -0.4 is 5.56 Å². The molecule has 0 spiro atoms. The molecule has 1 aromatic heterocycles. The van der Waals surface area contributed by atoms with E-state index in [1.807, 2.05) is 57.1 Å². The predicted molar refractivity (Wildman–Crippen MR) is 116 cm³/mol. The highest BCUT2D eigenvalue weighted by Gasteiger charge is 2.26. The number of thioether (sulfide) groups is 1. The largest absolute Gasteiger partial charge is 0.372 e. The summed E-state index contributed by atoms with van der Waals surface area (Å²) >= 11 is 1.35. The molecule has 2 atom stereocenters. The van der Waals surface area contributed by atoms with E-state index in [9.17, 15) is 9.59 Å². The first-order valence-electron chi connectivity index (χ1n) is 10.1. The summed E-state index contributed by atoms with van der Waals surface area (Å²) in [6.07, 6.45) is 0.916. The number of para-hydroxylation sites is 1. The van der Waals surface area contributed by atoms with Crippen LogP contribution >= 0.6 is 11.8 Å². The van der Waals surface area contributed by atoms with E-state index in [0.29, 0.717) is 35.7 Å². The number of rotatable bonds is 7. The lowest BCUT2D eigenvalue weighted by atomic mass is 10.2. The molecule has 2 aromatic rings. The topological polar surface area (TPSA) is 67.7 Å². The number of amides is 1. The van der Waals surface area contributed by atoms with Crippen LogP contribution in [0.1, 0.15) is 20.3 Å². The summed E-state index contributed by atoms with van der Waals surface area (Å²) in [4.78, 5) is 34.4. The zero-order valence-corrected chi connectivity index (χ0v) is 18.4. The van der Waals surface area contributed by atoms with Crippen LogP contribution in [0.3, 0.4) is 0 Å². The monoisotopic (exact) mass is 418 g/mol. The molecule has 8 heteroatoms. The zero-order chi connectivity index (χ0) is 21.0. The van der Waals surface area contributed by atoms with E-state index in [0.717, 1.165) is 13.0 Å². The Bertz CT molecular complexity index is 904. The van der Waals surface area contributed by atoms with Crippen LogP contribution in [0, 0.1) is 0 Å². The minimum atomic E-state index is -0.0436. The van der Waals surface area contributed by atoms with Gasteiger partial charge in [0.2, 0.25) is 5.91 Å². The second-order valence-corrected chi connectivity index (χ2v) is 8.81. The van der Waals surface area contributed by atoms with E-state index in [1.165, 1.54) is 11.8 Å². The number of carbonyl (C=O) groups excluding carboxylic acids is 1. The molecule has 1 amide bonds. The molecule has 0 N–H and O–H groups in total. The number of benzene rings is 1. The maximum atomic E-state index is 13.0. The van der Waals surface area contributed by atoms with Gasteiger partial charge in [0.25, 0.3) is 5.56 Å². The Morgan fingerprint density at radius 1 is 1.24 bits per heavy atom. The number of hydrogen-bond acceptors (Lipinski definition) is 6. The first kappa shape index (κ1) is 21.8. The average Bonchev–Trinajstić information content (AvgIpc) is 2.67. The van der Waals surface area contributed by atoms with Crippen LogP contribution in [0.15, 0.2) is 34.2 Å². The van der Waals surface area contributed by atoms with Crippen LogP contribution in [-0.4, -0.2) is 76.9 Å². The number of hydrogen-bond donors (Lipinski definition) is 0. The van der Waals surface area contributed by atoms with Gasteiger partial charge in [-0.1, -0.05) is 23.9 Å². The molecule has 1 aromatic carbocycles. The van der Waals surface area contributed by atoms with Gasteiger partial charge in [-0.2, -0.15) is 0 Å². The van der Waals surface area contributed by atoms with Gasteiger partial charge in [0.15, 0.2) is 5.16 Å². The van der Waals surface area contributed by atoms with Crippen LogP contribution in [-0.2, 0) is 16.1 Å². The molecule has 158 valence electrons. The molecule has 7 nitrogen and oxygen atoms in total. The molecule has 0 radical (unpaired) electrons. The van der Waals surface area contributed by atoms with E-state index in [1.54, 1.807) is 4.57 Å². The fourth-order valence-electron chi connectivity index (χ4n) is 3.60. The molecule has 0 aliphatic carbocycles. The van der Waals surface area contributed by atoms with Crippen molar-refractivity contribution in [1.82, 2.24) is 19.4 Å². The number of morpholine rings is 1. The van der Waals surface area contributed by atoms with Gasteiger partial charge in [-0.15, -0.1) is 0 Å². The lowest BCUT2D eigenvalue weighted by molar-refractivity contribution is -0.140. The second kappa shape index (κ2) is 9.73. The number of aromatic nitrogens is 2. The van der Waals surface area contributed by atoms with Crippen molar-refractivity contribution in [2.45, 2.75) is 44.2 Å². The predicted octanol–water partition coefficient (Wildman–Crippen LogP) is 2.08. The highest BCUT2D eigenvalue weighted by atomic mass is 32.2. The SMILES string of the molecule is C[C@@H]1CN(C(=O)CSc2nc3ccccc3c(=O)n2CCCN(C)C)C[C@H](C)O1. The Balaban J connectivity index is 1.79. The fraction of sp³-hybridized carbons (Fsp3) is 0.571. The number of nitrogens with zero attached hydrogens (tertiary/aromatic N) is 4. The van der Waals surface area contributed by atoms with Gasteiger partial charge in [0.1, 0.15) is 0 Å². The molecular formula is C21H30N4O3S. The molecule has 1 saturated heterocycles. The highest BCUT2D eigenvalue weighted by Crippen LogP contribution is 2.20. The average molecular weight is 419 g/mol. The van der Waals surface area contributed by atoms with E-state index in [2.05, 4.69) is 4.90 Å². The Morgan fingerprint density at radius 2 is 1.93 bits per heavy atom. The molecule has 0 saturated carbocycles. The third kappa shape index (κ3) is 5.58. The maximum absolute atomic E-state index is 13.0. The molecule has 3 rings (SSSR count). The van der Waals surface area contributed by atoms with Crippen LogP contribution in [0.2, 0.25) is 0 Å². The van der Waals surface area contributed by atoms with E-state index < -0.39 is 0 Å². The summed E-state index contributed by atoms with van der Waals surface area (Å²) in [5, 5.41) is 1.22. The molecule has 1 fully saturated rings. The summed E-state index contributed by atoms with van der Waals surface area (Å²) < 4.78 is 7.43. The Labute approximate surface area is 176 Å². The molecule has 0 bridgehead atoms. The van der Waals surface area contributed by atoms with Gasteiger partial charge in [-0.3, -0.25) is 14.2 Å². The molecule has 2 heterocycles. The standard InChI is InChI=1S/C21H30N4O3S/c1-15-12-24(13-16(2)28-15)19(26)14-29-21-22-18-9-6-5-8-17(18)20(27)25(21)11-7-10-23(3)4/h5-6,8-9,15-16H,7,10-14H2,1-4H3/t15-,16+. The van der Waals surface area contributed by atoms with Crippen molar-refractivity contribution in [3.05, 3.63) is 34.6 Å². The number of carbonyl (C=O) groups is 1. The van der Waals surface area contributed by atoms with Crippen molar-refractivity contribution >= 4 is 28.6 Å². The smallest absolute Gasteiger partial charge is 0.262 e. The molecule has 29 heavy (non-hydrogen) atoms. The minimum absolute atomic E-state index is 0.0377. The summed E-state index contributed by atoms with van der Waals surface area (Å²) in [6, 6.07) is 7.38. The lowest BCUT2D eigenvalue weighted by Gasteiger charge is -2.35. The highest BCUT2D eigenvalue weighted by molar-refractivity contribution is 7.99. The summed E-state index contributed by atoms with van der Waals surface area (Å²) in [5.41, 5.74) is 0.628. The van der Waals surface area contributed by atoms with Gasteiger partial charge >= 0.3 is 0 Å². The minimum Gasteiger partial charge on any atom is -0.372 e. The normalized spacial score (nSPS) is 19.8. The Hall–Kier alpha value is -1.90. The summed E-state index contributed by atoms with van der Waals surface area (Å²) in [6.45, 7) is 6.63. The zero-order valence-electron chi connectivity index (χ0n) is 17.6. The third-order valence-electron chi connectivity index (χ3n) is 4.91. The second-order valence-electron chi connectivity index (χ2n) is 7.87. The Kier molecular flexibility index (Phi) is 7.32. The van der Waals surface area contributed by atoms with Gasteiger partial charge in [-0.05, 0) is 53.0 Å². The molecule has 1 aliphatic rings. The van der Waals surface area contributed by atoms with Crippen molar-refractivity contribution in [3.63, 3.8) is 0 Å². The van der Waals surface area contributed by atoms with Gasteiger partial charge < -0.3 is 14.5 Å². The molecule has 0 unspecified atom stereocenters. The van der Waals surface area contributed by atoms with Crippen molar-refractivity contribution in [2.75, 3.05) is 39.5 Å². The van der Waals surface area contributed by atoms with E-state index in [-0.39, 0.29) is 29.4 Å². The number of fused-ring (bicyclic) bond motifs is 1. The molecule has 1 aliphatic heterocycles. The van der Waals surface area contributed by atoms with Crippen molar-refractivity contribution in [1.29, 1.82) is 0 Å². The van der Waals surface area contributed by atoms with E-state index >= 15 is 0 Å². The summed E-state index contributed by atoms with van der Waals surface area (Å²) in [7, 11) is 4.03. The van der Waals surface area contributed by atoms with Gasteiger partial charge in [0, 0.05) is 19.6 Å².